The fourth-order valence-electron chi connectivity index (χ4n) is 2.32. The first-order valence-electron chi connectivity index (χ1n) is 6.88. The summed E-state index contributed by atoms with van der Waals surface area (Å²) in [4.78, 5) is 14.0. The molecule has 20 heavy (non-hydrogen) atoms. The molecule has 0 spiro atoms. The molecule has 2 aromatic rings. The first kappa shape index (κ1) is 14.2. The molecule has 0 radical (unpaired) electrons. The van der Waals surface area contributed by atoms with Crippen LogP contribution in [0.4, 0.5) is 11.4 Å². The molecule has 2 N–H and O–H groups in total. The Morgan fingerprint density at radius 2 is 1.95 bits per heavy atom. The minimum atomic E-state index is -0.0139. The third-order valence-electron chi connectivity index (χ3n) is 3.46. The highest BCUT2D eigenvalue weighted by Gasteiger charge is 2.07. The van der Waals surface area contributed by atoms with Crippen LogP contribution in [-0.4, -0.2) is 17.7 Å². The van der Waals surface area contributed by atoms with E-state index in [0.29, 0.717) is 12.2 Å². The lowest BCUT2D eigenvalue weighted by Gasteiger charge is -2.25. The third kappa shape index (κ3) is 3.20. The Balaban J connectivity index is 2.14. The number of nitrogens with zero attached hydrogens (tertiary/aromatic N) is 2. The molecule has 0 fully saturated rings. The lowest BCUT2D eigenvalue weighted by Crippen LogP contribution is -2.31. The van der Waals surface area contributed by atoms with Crippen LogP contribution in [0.1, 0.15) is 12.5 Å². The molecule has 0 unspecified atom stereocenters. The molecule has 0 atom stereocenters. The molecule has 0 aliphatic heterocycles. The van der Waals surface area contributed by atoms with E-state index < -0.39 is 0 Å². The average Bonchev–Trinajstić information content (AvgIpc) is 2.45. The van der Waals surface area contributed by atoms with E-state index in [1.807, 2.05) is 12.1 Å². The van der Waals surface area contributed by atoms with Gasteiger partial charge in [0.25, 0.3) is 5.56 Å². The van der Waals surface area contributed by atoms with Crippen molar-refractivity contribution in [2.45, 2.75) is 20.4 Å². The van der Waals surface area contributed by atoms with Gasteiger partial charge in [0.15, 0.2) is 0 Å². The van der Waals surface area contributed by atoms with Gasteiger partial charge in [0.05, 0.1) is 0 Å². The molecule has 4 heteroatoms. The smallest absolute Gasteiger partial charge is 0.250 e. The first-order chi connectivity index (χ1) is 9.61. The molecule has 0 bridgehead atoms. The van der Waals surface area contributed by atoms with Crippen LogP contribution in [0.2, 0.25) is 0 Å². The second-order valence-corrected chi connectivity index (χ2v) is 4.86. The van der Waals surface area contributed by atoms with Crippen molar-refractivity contribution >= 4 is 11.4 Å². The van der Waals surface area contributed by atoms with Gasteiger partial charge < -0.3 is 15.2 Å². The van der Waals surface area contributed by atoms with Crippen molar-refractivity contribution in [2.24, 2.45) is 0 Å². The maximum absolute atomic E-state index is 11.8. The van der Waals surface area contributed by atoms with Crippen LogP contribution in [0.3, 0.4) is 0 Å². The molecule has 1 aromatic carbocycles. The number of nitrogen functional groups attached to an aromatic ring is 1. The number of rotatable bonds is 5. The Kier molecular flexibility index (Phi) is 4.45. The molecule has 0 saturated heterocycles. The lowest BCUT2D eigenvalue weighted by molar-refractivity contribution is 0.645. The maximum Gasteiger partial charge on any atom is 0.250 e. The summed E-state index contributed by atoms with van der Waals surface area (Å²) < 4.78 is 1.66. The third-order valence-corrected chi connectivity index (χ3v) is 3.46. The van der Waals surface area contributed by atoms with Crippen LogP contribution in [-0.2, 0) is 6.54 Å². The number of aromatic nitrogens is 1. The number of para-hydroxylation sites is 1. The Hall–Kier alpha value is -2.23. The van der Waals surface area contributed by atoms with Gasteiger partial charge in [-0.1, -0.05) is 18.2 Å². The minimum Gasteiger partial charge on any atom is -0.398 e. The van der Waals surface area contributed by atoms with Gasteiger partial charge in [0.1, 0.15) is 0 Å². The van der Waals surface area contributed by atoms with Crippen LogP contribution < -0.4 is 16.2 Å². The largest absolute Gasteiger partial charge is 0.398 e. The van der Waals surface area contributed by atoms with Crippen molar-refractivity contribution in [1.82, 2.24) is 4.57 Å². The van der Waals surface area contributed by atoms with E-state index in [1.165, 1.54) is 17.3 Å². The molecule has 0 amide bonds. The van der Waals surface area contributed by atoms with Gasteiger partial charge in [0.2, 0.25) is 0 Å². The van der Waals surface area contributed by atoms with E-state index in [2.05, 4.69) is 30.9 Å². The molecule has 0 aliphatic rings. The van der Waals surface area contributed by atoms with E-state index in [1.54, 1.807) is 16.8 Å². The zero-order chi connectivity index (χ0) is 14.5. The molecule has 1 aromatic heterocycles. The van der Waals surface area contributed by atoms with Crippen molar-refractivity contribution < 1.29 is 0 Å². The van der Waals surface area contributed by atoms with E-state index >= 15 is 0 Å². The highest BCUT2D eigenvalue weighted by molar-refractivity contribution is 5.52. The monoisotopic (exact) mass is 271 g/mol. The quantitative estimate of drug-likeness (QED) is 0.907. The summed E-state index contributed by atoms with van der Waals surface area (Å²) in [7, 11) is 0. The number of aryl methyl sites for hydroxylation is 1. The zero-order valence-electron chi connectivity index (χ0n) is 12.0. The molecule has 2 rings (SSSR count). The van der Waals surface area contributed by atoms with Gasteiger partial charge in [-0.05, 0) is 31.5 Å². The second-order valence-electron chi connectivity index (χ2n) is 4.86. The van der Waals surface area contributed by atoms with Gasteiger partial charge in [-0.3, -0.25) is 4.79 Å². The molecule has 1 heterocycles. The lowest BCUT2D eigenvalue weighted by atomic mass is 10.2. The van der Waals surface area contributed by atoms with Crippen LogP contribution in [0.5, 0.6) is 0 Å². The number of hydrogen-bond donors (Lipinski definition) is 1. The van der Waals surface area contributed by atoms with Crippen molar-refractivity contribution in [2.75, 3.05) is 23.7 Å². The maximum atomic E-state index is 11.8. The normalized spacial score (nSPS) is 10.5. The topological polar surface area (TPSA) is 51.3 Å². The zero-order valence-corrected chi connectivity index (χ0v) is 12.0. The number of pyridine rings is 1. The van der Waals surface area contributed by atoms with Crippen molar-refractivity contribution in [3.8, 4) is 0 Å². The fraction of sp³-hybridized carbons (Fsp3) is 0.312. The molecular formula is C16H21N3O. The Labute approximate surface area is 119 Å². The number of nitrogens with two attached hydrogens (primary N) is 1. The Bertz CT molecular complexity index is 634. The number of hydrogen-bond acceptors (Lipinski definition) is 3. The molecule has 0 saturated carbocycles. The highest BCUT2D eigenvalue weighted by Crippen LogP contribution is 2.18. The number of benzene rings is 1. The van der Waals surface area contributed by atoms with Crippen molar-refractivity contribution in [3.05, 3.63) is 58.5 Å². The van der Waals surface area contributed by atoms with Gasteiger partial charge in [-0.15, -0.1) is 0 Å². The van der Waals surface area contributed by atoms with Crippen LogP contribution in [0.25, 0.3) is 0 Å². The highest BCUT2D eigenvalue weighted by atomic mass is 16.1. The summed E-state index contributed by atoms with van der Waals surface area (Å²) in [5.74, 6) is 0. The van der Waals surface area contributed by atoms with Crippen LogP contribution >= 0.6 is 0 Å². The van der Waals surface area contributed by atoms with E-state index in [0.717, 1.165) is 13.1 Å². The van der Waals surface area contributed by atoms with E-state index in [9.17, 15) is 4.79 Å². The van der Waals surface area contributed by atoms with Crippen LogP contribution in [0, 0.1) is 6.92 Å². The van der Waals surface area contributed by atoms with Gasteiger partial charge in [-0.2, -0.15) is 0 Å². The molecule has 0 aliphatic carbocycles. The SMILES string of the molecule is CCN(CCn1cc(N)ccc1=O)c1ccccc1C. The summed E-state index contributed by atoms with van der Waals surface area (Å²) in [6.07, 6.45) is 1.70. The van der Waals surface area contributed by atoms with Crippen molar-refractivity contribution in [3.63, 3.8) is 0 Å². The summed E-state index contributed by atoms with van der Waals surface area (Å²) >= 11 is 0. The molecule has 4 nitrogen and oxygen atoms in total. The summed E-state index contributed by atoms with van der Waals surface area (Å²) in [5.41, 5.74) is 8.79. The van der Waals surface area contributed by atoms with Crippen LogP contribution in [0.15, 0.2) is 47.4 Å². The number of anilines is 2. The Morgan fingerprint density at radius 1 is 1.20 bits per heavy atom. The van der Waals surface area contributed by atoms with E-state index in [4.69, 9.17) is 5.73 Å². The van der Waals surface area contributed by atoms with Gasteiger partial charge in [0, 0.05) is 43.3 Å². The first-order valence-corrected chi connectivity index (χ1v) is 6.88. The van der Waals surface area contributed by atoms with E-state index in [-0.39, 0.29) is 5.56 Å². The van der Waals surface area contributed by atoms with Gasteiger partial charge in [-0.25, -0.2) is 0 Å². The predicted molar refractivity (Wildman–Crippen MR) is 84.2 cm³/mol. The fourth-order valence-corrected chi connectivity index (χ4v) is 2.32. The summed E-state index contributed by atoms with van der Waals surface area (Å²) in [5, 5.41) is 0. The average molecular weight is 271 g/mol. The summed E-state index contributed by atoms with van der Waals surface area (Å²) in [6, 6.07) is 11.4. The Morgan fingerprint density at radius 3 is 2.65 bits per heavy atom. The standard InChI is InChI=1S/C16H21N3O/c1-3-18(15-7-5-4-6-13(15)2)10-11-19-12-14(17)8-9-16(19)20/h4-9,12H,3,10-11,17H2,1-2H3. The number of likely N-dealkylation sites (N-methyl/N-ethyl adjacent to an activating group) is 1. The summed E-state index contributed by atoms with van der Waals surface area (Å²) in [6.45, 7) is 6.54. The predicted octanol–water partition coefficient (Wildman–Crippen LogP) is 2.27. The molecule has 106 valence electrons. The minimum absolute atomic E-state index is 0.0139. The second kappa shape index (κ2) is 6.28. The van der Waals surface area contributed by atoms with Gasteiger partial charge >= 0.3 is 0 Å². The molecular weight excluding hydrogens is 250 g/mol. The van der Waals surface area contributed by atoms with Crippen molar-refractivity contribution in [1.29, 1.82) is 0 Å².